The first-order valence-electron chi connectivity index (χ1n) is 7.34. The number of aryl methyl sites for hydroxylation is 1. The summed E-state index contributed by atoms with van der Waals surface area (Å²) in [5.74, 6) is 0.808. The predicted molar refractivity (Wildman–Crippen MR) is 97.2 cm³/mol. The molecule has 21 heavy (non-hydrogen) atoms. The highest BCUT2D eigenvalue weighted by atomic mass is 127. The molecule has 1 atom stereocenters. The highest BCUT2D eigenvalue weighted by Gasteiger charge is 2.22. The normalized spacial score (nSPS) is 17.3. The number of halogens is 1. The second-order valence-corrected chi connectivity index (χ2v) is 7.92. The van der Waals surface area contributed by atoms with Crippen LogP contribution in [0.25, 0.3) is 0 Å². The van der Waals surface area contributed by atoms with Crippen molar-refractivity contribution >= 4 is 45.5 Å². The molecule has 1 amide bonds. The van der Waals surface area contributed by atoms with Crippen LogP contribution in [0.15, 0.2) is 30.3 Å². The summed E-state index contributed by atoms with van der Waals surface area (Å²) >= 11 is 3.93. The van der Waals surface area contributed by atoms with Crippen molar-refractivity contribution < 1.29 is 4.79 Å². The molecule has 1 heterocycles. The van der Waals surface area contributed by atoms with Gasteiger partial charge in [-0.1, -0.05) is 13.3 Å². The first-order chi connectivity index (χ1) is 10.2. The number of anilines is 1. The maximum Gasteiger partial charge on any atom is 0.265 e. The SMILES string of the molecule is CC[C@H]1CCc2sc(C(=O)Nc3ccc(I)cc3)cc2C1. The molecule has 1 aliphatic carbocycles. The molecule has 2 aromatic rings. The van der Waals surface area contributed by atoms with Gasteiger partial charge in [0.2, 0.25) is 0 Å². The lowest BCUT2D eigenvalue weighted by atomic mass is 9.87. The molecule has 4 heteroatoms. The molecule has 1 aromatic carbocycles. The number of carbonyl (C=O) groups is 1. The summed E-state index contributed by atoms with van der Waals surface area (Å²) in [6.07, 6.45) is 4.77. The van der Waals surface area contributed by atoms with Gasteiger partial charge in [0.05, 0.1) is 4.88 Å². The van der Waals surface area contributed by atoms with E-state index in [2.05, 4.69) is 40.9 Å². The fraction of sp³-hybridized carbons (Fsp3) is 0.353. The Balaban J connectivity index is 1.74. The highest BCUT2D eigenvalue weighted by Crippen LogP contribution is 2.33. The lowest BCUT2D eigenvalue weighted by Crippen LogP contribution is -2.11. The van der Waals surface area contributed by atoms with Gasteiger partial charge in [0.15, 0.2) is 0 Å². The first kappa shape index (κ1) is 15.0. The van der Waals surface area contributed by atoms with Crippen molar-refractivity contribution in [2.75, 3.05) is 5.32 Å². The Labute approximate surface area is 143 Å². The average molecular weight is 411 g/mol. The van der Waals surface area contributed by atoms with E-state index in [1.807, 2.05) is 24.3 Å². The maximum absolute atomic E-state index is 12.4. The van der Waals surface area contributed by atoms with Crippen molar-refractivity contribution in [2.45, 2.75) is 32.6 Å². The van der Waals surface area contributed by atoms with Crippen molar-refractivity contribution in [3.8, 4) is 0 Å². The minimum atomic E-state index is 0.0173. The number of rotatable bonds is 3. The molecule has 1 aliphatic rings. The largest absolute Gasteiger partial charge is 0.321 e. The van der Waals surface area contributed by atoms with E-state index in [-0.39, 0.29) is 5.91 Å². The van der Waals surface area contributed by atoms with Crippen LogP contribution in [-0.4, -0.2) is 5.91 Å². The molecular weight excluding hydrogens is 393 g/mol. The van der Waals surface area contributed by atoms with Crippen molar-refractivity contribution in [2.24, 2.45) is 5.92 Å². The first-order valence-corrected chi connectivity index (χ1v) is 9.23. The fourth-order valence-corrected chi connectivity index (χ4v) is 4.25. The zero-order chi connectivity index (χ0) is 14.8. The topological polar surface area (TPSA) is 29.1 Å². The molecular formula is C17H18INOS. The van der Waals surface area contributed by atoms with E-state index in [1.54, 1.807) is 11.3 Å². The zero-order valence-corrected chi connectivity index (χ0v) is 15.0. The number of hydrogen-bond donors (Lipinski definition) is 1. The van der Waals surface area contributed by atoms with Gasteiger partial charge in [-0.3, -0.25) is 4.79 Å². The summed E-state index contributed by atoms with van der Waals surface area (Å²) in [5, 5.41) is 2.99. The highest BCUT2D eigenvalue weighted by molar-refractivity contribution is 14.1. The Hall–Kier alpha value is -0.880. The molecule has 0 unspecified atom stereocenters. The van der Waals surface area contributed by atoms with E-state index in [4.69, 9.17) is 0 Å². The van der Waals surface area contributed by atoms with Crippen LogP contribution in [-0.2, 0) is 12.8 Å². The van der Waals surface area contributed by atoms with Crippen molar-refractivity contribution in [3.63, 3.8) is 0 Å². The summed E-state index contributed by atoms with van der Waals surface area (Å²) in [4.78, 5) is 14.6. The minimum absolute atomic E-state index is 0.0173. The van der Waals surface area contributed by atoms with Crippen LogP contribution in [0.2, 0.25) is 0 Å². The zero-order valence-electron chi connectivity index (χ0n) is 12.0. The van der Waals surface area contributed by atoms with Gasteiger partial charge in [0.1, 0.15) is 0 Å². The summed E-state index contributed by atoms with van der Waals surface area (Å²) in [6.45, 7) is 2.26. The Morgan fingerprint density at radius 1 is 1.38 bits per heavy atom. The second kappa shape index (κ2) is 6.48. The molecule has 1 N–H and O–H groups in total. The van der Waals surface area contributed by atoms with Gasteiger partial charge in [-0.05, 0) is 83.7 Å². The molecule has 2 nitrogen and oxygen atoms in total. The maximum atomic E-state index is 12.4. The van der Waals surface area contributed by atoms with Crippen LogP contribution >= 0.6 is 33.9 Å². The number of amides is 1. The summed E-state index contributed by atoms with van der Waals surface area (Å²) < 4.78 is 1.17. The number of benzene rings is 1. The smallest absolute Gasteiger partial charge is 0.265 e. The number of nitrogens with one attached hydrogen (secondary N) is 1. The molecule has 0 fully saturated rings. The Morgan fingerprint density at radius 2 is 2.14 bits per heavy atom. The standard InChI is InChI=1S/C17H18INOS/c1-2-11-3-8-15-12(9-11)10-16(21-15)17(20)19-14-6-4-13(18)5-7-14/h4-7,10-11H,2-3,8-9H2,1H3,(H,19,20)/t11-/m0/s1. The van der Waals surface area contributed by atoms with Crippen LogP contribution in [0.4, 0.5) is 5.69 Å². The monoisotopic (exact) mass is 411 g/mol. The number of hydrogen-bond acceptors (Lipinski definition) is 2. The third kappa shape index (κ3) is 3.48. The Kier molecular flexibility index (Phi) is 4.64. The van der Waals surface area contributed by atoms with E-state index in [0.29, 0.717) is 0 Å². The van der Waals surface area contributed by atoms with Crippen LogP contribution in [0.1, 0.15) is 39.9 Å². The van der Waals surface area contributed by atoms with Crippen LogP contribution in [0.5, 0.6) is 0 Å². The molecule has 0 radical (unpaired) electrons. The molecule has 0 saturated heterocycles. The van der Waals surface area contributed by atoms with Crippen LogP contribution in [0, 0.1) is 9.49 Å². The summed E-state index contributed by atoms with van der Waals surface area (Å²) in [7, 11) is 0. The molecule has 1 aromatic heterocycles. The number of fused-ring (bicyclic) bond motifs is 1. The Bertz CT molecular complexity index is 647. The quantitative estimate of drug-likeness (QED) is 0.698. The lowest BCUT2D eigenvalue weighted by Gasteiger charge is -2.19. The molecule has 0 saturated carbocycles. The van der Waals surface area contributed by atoms with Gasteiger partial charge in [-0.25, -0.2) is 0 Å². The molecule has 0 spiro atoms. The number of thiophene rings is 1. The van der Waals surface area contributed by atoms with Gasteiger partial charge < -0.3 is 5.32 Å². The second-order valence-electron chi connectivity index (χ2n) is 5.54. The van der Waals surface area contributed by atoms with Gasteiger partial charge in [0.25, 0.3) is 5.91 Å². The summed E-state index contributed by atoms with van der Waals surface area (Å²) in [5.41, 5.74) is 2.25. The van der Waals surface area contributed by atoms with E-state index < -0.39 is 0 Å². The van der Waals surface area contributed by atoms with Crippen molar-refractivity contribution in [3.05, 3.63) is 49.2 Å². The third-order valence-electron chi connectivity index (χ3n) is 4.09. The van der Waals surface area contributed by atoms with E-state index in [1.165, 1.54) is 26.9 Å². The lowest BCUT2D eigenvalue weighted by molar-refractivity contribution is 0.103. The predicted octanol–water partition coefficient (Wildman–Crippen LogP) is 5.12. The Morgan fingerprint density at radius 3 is 2.86 bits per heavy atom. The van der Waals surface area contributed by atoms with Crippen LogP contribution < -0.4 is 5.32 Å². The summed E-state index contributed by atoms with van der Waals surface area (Å²) in [6, 6.07) is 9.99. The van der Waals surface area contributed by atoms with Gasteiger partial charge in [-0.15, -0.1) is 11.3 Å². The van der Waals surface area contributed by atoms with Gasteiger partial charge in [0, 0.05) is 14.1 Å². The molecule has 0 bridgehead atoms. The van der Waals surface area contributed by atoms with Gasteiger partial charge >= 0.3 is 0 Å². The minimum Gasteiger partial charge on any atom is -0.321 e. The van der Waals surface area contributed by atoms with E-state index in [9.17, 15) is 4.79 Å². The third-order valence-corrected chi connectivity index (χ3v) is 6.04. The van der Waals surface area contributed by atoms with Crippen LogP contribution in [0.3, 0.4) is 0 Å². The molecule has 3 rings (SSSR count). The molecule has 0 aliphatic heterocycles. The number of carbonyl (C=O) groups excluding carboxylic acids is 1. The fourth-order valence-electron chi connectivity index (χ4n) is 2.79. The van der Waals surface area contributed by atoms with E-state index in [0.717, 1.165) is 29.3 Å². The average Bonchev–Trinajstić information content (AvgIpc) is 2.92. The van der Waals surface area contributed by atoms with Crippen molar-refractivity contribution in [1.82, 2.24) is 0 Å². The van der Waals surface area contributed by atoms with Crippen molar-refractivity contribution in [1.29, 1.82) is 0 Å². The molecule has 110 valence electrons. The van der Waals surface area contributed by atoms with E-state index >= 15 is 0 Å². The van der Waals surface area contributed by atoms with Gasteiger partial charge in [-0.2, -0.15) is 0 Å².